The lowest BCUT2D eigenvalue weighted by molar-refractivity contribution is 1.16. The molecule has 0 bridgehead atoms. The quantitative estimate of drug-likeness (QED) is 0.647. The van der Waals surface area contributed by atoms with Gasteiger partial charge in [0.05, 0.1) is 0 Å². The highest BCUT2D eigenvalue weighted by molar-refractivity contribution is 7.04. The lowest BCUT2D eigenvalue weighted by atomic mass is 10.3. The molecule has 10 heavy (non-hydrogen) atoms. The first-order valence-electron chi connectivity index (χ1n) is 2.56. The van der Waals surface area contributed by atoms with Crippen LogP contribution in [0.3, 0.4) is 0 Å². The lowest BCUT2D eigenvalue weighted by Crippen LogP contribution is -1.71. The molecule has 3 nitrogen and oxygen atoms in total. The summed E-state index contributed by atoms with van der Waals surface area (Å²) in [6.45, 7) is 0. The van der Waals surface area contributed by atoms with Crippen molar-refractivity contribution < 1.29 is 0 Å². The fraction of sp³-hybridized carbons (Fsp3) is 0. The first-order chi connectivity index (χ1) is 4.97. The SMILES string of the molecule is [c]1nscc1-c1csnn1. The van der Waals surface area contributed by atoms with Gasteiger partial charge in [-0.05, 0) is 23.1 Å². The molecule has 0 fully saturated rings. The maximum atomic E-state index is 3.86. The fourth-order valence-electron chi connectivity index (χ4n) is 0.581. The fourth-order valence-corrected chi connectivity index (χ4v) is 1.52. The van der Waals surface area contributed by atoms with Gasteiger partial charge in [-0.25, -0.2) is 0 Å². The van der Waals surface area contributed by atoms with Crippen molar-refractivity contribution in [1.82, 2.24) is 14.0 Å². The Balaban J connectivity index is 2.48. The molecule has 2 aromatic heterocycles. The molecular formula is C5H2N3S2. The molecule has 0 aliphatic rings. The average molecular weight is 168 g/mol. The topological polar surface area (TPSA) is 38.7 Å². The molecule has 2 aromatic rings. The van der Waals surface area contributed by atoms with Crippen LogP contribution < -0.4 is 0 Å². The van der Waals surface area contributed by atoms with Gasteiger partial charge in [-0.15, -0.1) is 5.10 Å². The molecule has 0 aromatic carbocycles. The van der Waals surface area contributed by atoms with Crippen LogP contribution in [0.5, 0.6) is 0 Å². The second kappa shape index (κ2) is 2.43. The Morgan fingerprint density at radius 1 is 1.30 bits per heavy atom. The predicted molar refractivity (Wildman–Crippen MR) is 39.9 cm³/mol. The number of rotatable bonds is 1. The van der Waals surface area contributed by atoms with Crippen molar-refractivity contribution >= 4 is 23.1 Å². The summed E-state index contributed by atoms with van der Waals surface area (Å²) >= 11 is 2.70. The minimum atomic E-state index is 0.860. The second-order valence-electron chi connectivity index (χ2n) is 1.63. The number of hydrogen-bond acceptors (Lipinski definition) is 5. The summed E-state index contributed by atoms with van der Waals surface area (Å²) < 4.78 is 7.56. The van der Waals surface area contributed by atoms with Crippen molar-refractivity contribution in [3.63, 3.8) is 0 Å². The van der Waals surface area contributed by atoms with Gasteiger partial charge in [0.15, 0.2) is 0 Å². The van der Waals surface area contributed by atoms with Crippen LogP contribution >= 0.6 is 23.1 Å². The van der Waals surface area contributed by atoms with Crippen molar-refractivity contribution in [3.05, 3.63) is 17.0 Å². The van der Waals surface area contributed by atoms with Gasteiger partial charge in [-0.2, -0.15) is 4.37 Å². The van der Waals surface area contributed by atoms with Crippen molar-refractivity contribution in [2.75, 3.05) is 0 Å². The monoisotopic (exact) mass is 168 g/mol. The van der Waals surface area contributed by atoms with Crippen LogP contribution in [-0.4, -0.2) is 14.0 Å². The van der Waals surface area contributed by atoms with E-state index in [2.05, 4.69) is 20.2 Å². The largest absolute Gasteiger partial charge is 0.190 e. The zero-order chi connectivity index (χ0) is 6.81. The Morgan fingerprint density at radius 3 is 2.90 bits per heavy atom. The third-order valence-corrected chi connectivity index (χ3v) is 2.07. The van der Waals surface area contributed by atoms with E-state index in [4.69, 9.17) is 0 Å². The average Bonchev–Trinajstić information content (AvgIpc) is 2.59. The van der Waals surface area contributed by atoms with E-state index in [1.165, 1.54) is 23.1 Å². The van der Waals surface area contributed by atoms with Crippen LogP contribution in [0.25, 0.3) is 11.3 Å². The van der Waals surface area contributed by atoms with Gasteiger partial charge in [0.2, 0.25) is 0 Å². The molecule has 0 aliphatic heterocycles. The van der Waals surface area contributed by atoms with E-state index in [1.54, 1.807) is 0 Å². The van der Waals surface area contributed by atoms with E-state index < -0.39 is 0 Å². The van der Waals surface area contributed by atoms with Gasteiger partial charge in [-0.3, -0.25) is 0 Å². The van der Waals surface area contributed by atoms with E-state index in [1.807, 2.05) is 10.8 Å². The molecule has 0 aliphatic carbocycles. The van der Waals surface area contributed by atoms with Crippen LogP contribution in [0, 0.1) is 6.20 Å². The molecule has 0 spiro atoms. The van der Waals surface area contributed by atoms with E-state index >= 15 is 0 Å². The molecule has 0 N–H and O–H groups in total. The molecule has 0 amide bonds. The molecule has 0 atom stereocenters. The summed E-state index contributed by atoms with van der Waals surface area (Å²) in [6.07, 6.45) is 2.81. The Morgan fingerprint density at radius 2 is 2.30 bits per heavy atom. The minimum Gasteiger partial charge on any atom is -0.190 e. The van der Waals surface area contributed by atoms with Gasteiger partial charge in [-0.1, -0.05) is 4.49 Å². The van der Waals surface area contributed by atoms with E-state index in [0.717, 1.165) is 11.3 Å². The maximum Gasteiger partial charge on any atom is 0.114 e. The predicted octanol–water partition coefficient (Wildman–Crippen LogP) is 1.46. The van der Waals surface area contributed by atoms with Gasteiger partial charge in [0.1, 0.15) is 11.9 Å². The van der Waals surface area contributed by atoms with Crippen molar-refractivity contribution in [3.8, 4) is 11.3 Å². The molecule has 0 saturated carbocycles. The first-order valence-corrected chi connectivity index (χ1v) is 4.23. The normalized spacial score (nSPS) is 10.0. The Hall–Kier alpha value is -0.810. The summed E-state index contributed by atoms with van der Waals surface area (Å²) in [5, 5.41) is 7.64. The molecular weight excluding hydrogens is 166 g/mol. The number of aromatic nitrogens is 3. The zero-order valence-electron chi connectivity index (χ0n) is 4.81. The molecule has 2 heterocycles. The van der Waals surface area contributed by atoms with E-state index in [-0.39, 0.29) is 0 Å². The molecule has 49 valence electrons. The van der Waals surface area contributed by atoms with Gasteiger partial charge in [0, 0.05) is 16.3 Å². The third kappa shape index (κ3) is 0.932. The molecule has 1 radical (unpaired) electrons. The first kappa shape index (κ1) is 5.94. The third-order valence-electron chi connectivity index (χ3n) is 1.03. The van der Waals surface area contributed by atoms with Crippen molar-refractivity contribution in [2.45, 2.75) is 0 Å². The highest BCUT2D eigenvalue weighted by Crippen LogP contribution is 2.16. The second-order valence-corrected chi connectivity index (χ2v) is 2.87. The highest BCUT2D eigenvalue weighted by Gasteiger charge is 2.00. The van der Waals surface area contributed by atoms with E-state index in [0.29, 0.717) is 0 Å². The maximum absolute atomic E-state index is 3.86. The van der Waals surface area contributed by atoms with Gasteiger partial charge >= 0.3 is 0 Å². The van der Waals surface area contributed by atoms with Crippen LogP contribution in [0.15, 0.2) is 10.8 Å². The lowest BCUT2D eigenvalue weighted by Gasteiger charge is -1.79. The van der Waals surface area contributed by atoms with Crippen LogP contribution in [0.1, 0.15) is 0 Å². The minimum absolute atomic E-state index is 0.860. The smallest absolute Gasteiger partial charge is 0.114 e. The summed E-state index contributed by atoms with van der Waals surface area (Å²) in [7, 11) is 0. The standard InChI is InChI=1S/C5H2N3S2/c1-4(2-9-6-1)5-3-10-8-7-5/h2-3H. The molecule has 2 rings (SSSR count). The van der Waals surface area contributed by atoms with Crippen LogP contribution in [-0.2, 0) is 0 Å². The van der Waals surface area contributed by atoms with Gasteiger partial charge < -0.3 is 0 Å². The molecule has 0 saturated heterocycles. The van der Waals surface area contributed by atoms with Crippen molar-refractivity contribution in [1.29, 1.82) is 0 Å². The summed E-state index contributed by atoms with van der Waals surface area (Å²) in [4.78, 5) is 0. The van der Waals surface area contributed by atoms with Crippen LogP contribution in [0.2, 0.25) is 0 Å². The Kier molecular flexibility index (Phi) is 1.44. The van der Waals surface area contributed by atoms with Gasteiger partial charge in [0.25, 0.3) is 0 Å². The number of nitrogens with zero attached hydrogens (tertiary/aromatic N) is 3. The molecule has 0 unspecified atom stereocenters. The van der Waals surface area contributed by atoms with E-state index in [9.17, 15) is 0 Å². The number of hydrogen-bond donors (Lipinski definition) is 0. The summed E-state index contributed by atoms with van der Waals surface area (Å²) in [5.74, 6) is 0. The zero-order valence-corrected chi connectivity index (χ0v) is 6.45. The molecule has 5 heteroatoms. The highest BCUT2D eigenvalue weighted by atomic mass is 32.1. The Bertz CT molecular complexity index is 254. The summed E-state index contributed by atoms with van der Waals surface area (Å²) in [5.41, 5.74) is 1.79. The van der Waals surface area contributed by atoms with Crippen LogP contribution in [0.4, 0.5) is 0 Å². The Labute approximate surface area is 65.7 Å². The van der Waals surface area contributed by atoms with Crippen molar-refractivity contribution in [2.24, 2.45) is 0 Å². The summed E-state index contributed by atoms with van der Waals surface area (Å²) in [6, 6.07) is 0.